The van der Waals surface area contributed by atoms with Crippen LogP contribution in [0.3, 0.4) is 0 Å². The molecule has 4 heterocycles. The number of hydrogen-bond donors (Lipinski definition) is 1. The Morgan fingerprint density at radius 3 is 2.73 bits per heavy atom. The van der Waals surface area contributed by atoms with Crippen LogP contribution in [0.15, 0.2) is 61.2 Å². The van der Waals surface area contributed by atoms with Crippen LogP contribution >= 0.6 is 0 Å². The number of nitrogens with zero attached hydrogens (tertiary/aromatic N) is 6. The molecule has 0 unspecified atom stereocenters. The lowest BCUT2D eigenvalue weighted by molar-refractivity contribution is 0.0944. The molecule has 0 saturated carbocycles. The molecular formula is C22H23N7O. The molecule has 0 fully saturated rings. The molecule has 4 aromatic heterocycles. The van der Waals surface area contributed by atoms with Crippen LogP contribution in [0.2, 0.25) is 0 Å². The van der Waals surface area contributed by atoms with Gasteiger partial charge in [0.25, 0.3) is 5.91 Å². The van der Waals surface area contributed by atoms with Gasteiger partial charge in [-0.1, -0.05) is 12.1 Å². The molecule has 0 aliphatic carbocycles. The molecule has 4 rings (SSSR count). The van der Waals surface area contributed by atoms with Gasteiger partial charge in [-0.3, -0.25) is 14.2 Å². The van der Waals surface area contributed by atoms with E-state index >= 15 is 0 Å². The summed E-state index contributed by atoms with van der Waals surface area (Å²) in [6.07, 6.45) is 7.82. The summed E-state index contributed by atoms with van der Waals surface area (Å²) in [4.78, 5) is 32.4. The Morgan fingerprint density at radius 2 is 1.90 bits per heavy atom. The maximum atomic E-state index is 12.9. The van der Waals surface area contributed by atoms with Gasteiger partial charge < -0.3 is 10.2 Å². The first-order valence-corrected chi connectivity index (χ1v) is 9.76. The summed E-state index contributed by atoms with van der Waals surface area (Å²) in [5, 5.41) is 3.00. The first-order valence-electron chi connectivity index (χ1n) is 9.76. The van der Waals surface area contributed by atoms with Crippen molar-refractivity contribution in [3.8, 4) is 0 Å². The molecule has 0 aliphatic rings. The second kappa shape index (κ2) is 8.69. The maximum Gasteiger partial charge on any atom is 0.270 e. The number of amides is 1. The number of rotatable bonds is 7. The summed E-state index contributed by atoms with van der Waals surface area (Å²) in [6.45, 7) is 2.94. The average molecular weight is 401 g/mol. The molecule has 0 radical (unpaired) electrons. The standard InChI is InChI=1S/C22H23N7O/c1-16-19(29-13-6-12-25-22(29)27-16)21(30)26-15-17-7-5-11-24-20(17)28(2)14-9-18-8-3-4-10-23-18/h3-8,10-13H,9,14-15H2,1-2H3,(H,26,30). The number of nitrogens with one attached hydrogen (secondary N) is 1. The largest absolute Gasteiger partial charge is 0.359 e. The van der Waals surface area contributed by atoms with Crippen molar-refractivity contribution >= 4 is 17.5 Å². The quantitative estimate of drug-likeness (QED) is 0.512. The molecule has 0 spiro atoms. The van der Waals surface area contributed by atoms with E-state index in [1.54, 1.807) is 35.3 Å². The smallest absolute Gasteiger partial charge is 0.270 e. The third-order valence-electron chi connectivity index (χ3n) is 4.89. The lowest BCUT2D eigenvalue weighted by atomic mass is 10.2. The van der Waals surface area contributed by atoms with Gasteiger partial charge in [-0.15, -0.1) is 0 Å². The SMILES string of the molecule is Cc1nc2ncccn2c1C(=O)NCc1cccnc1N(C)CCc1ccccn1. The van der Waals surface area contributed by atoms with Crippen molar-refractivity contribution in [2.75, 3.05) is 18.5 Å². The molecule has 1 N–H and O–H groups in total. The monoisotopic (exact) mass is 401 g/mol. The summed E-state index contributed by atoms with van der Waals surface area (Å²) in [6, 6.07) is 11.5. The number of aryl methyl sites for hydroxylation is 1. The predicted molar refractivity (Wildman–Crippen MR) is 114 cm³/mol. The molecule has 0 aromatic carbocycles. The Kier molecular flexibility index (Phi) is 5.65. The van der Waals surface area contributed by atoms with Crippen LogP contribution in [0.25, 0.3) is 5.78 Å². The summed E-state index contributed by atoms with van der Waals surface area (Å²) < 4.78 is 1.70. The van der Waals surface area contributed by atoms with Crippen LogP contribution in [0.1, 0.15) is 27.4 Å². The number of imidazole rings is 1. The molecule has 30 heavy (non-hydrogen) atoms. The summed E-state index contributed by atoms with van der Waals surface area (Å²) >= 11 is 0. The first kappa shape index (κ1) is 19.5. The van der Waals surface area contributed by atoms with E-state index in [1.165, 1.54) is 0 Å². The van der Waals surface area contributed by atoms with Crippen molar-refractivity contribution in [1.29, 1.82) is 0 Å². The first-order chi connectivity index (χ1) is 14.6. The van der Waals surface area contributed by atoms with Crippen molar-refractivity contribution < 1.29 is 4.79 Å². The van der Waals surface area contributed by atoms with Crippen LogP contribution in [0, 0.1) is 6.92 Å². The molecule has 0 bridgehead atoms. The number of carbonyl (C=O) groups is 1. The normalized spacial score (nSPS) is 10.9. The number of aromatic nitrogens is 5. The Hall–Kier alpha value is -3.81. The van der Waals surface area contributed by atoms with Gasteiger partial charge >= 0.3 is 0 Å². The zero-order valence-corrected chi connectivity index (χ0v) is 17.0. The molecule has 0 aliphatic heterocycles. The molecular weight excluding hydrogens is 378 g/mol. The fraction of sp³-hybridized carbons (Fsp3) is 0.227. The van der Waals surface area contributed by atoms with E-state index < -0.39 is 0 Å². The Morgan fingerprint density at radius 1 is 1.07 bits per heavy atom. The van der Waals surface area contributed by atoms with E-state index in [0.29, 0.717) is 23.7 Å². The van der Waals surface area contributed by atoms with Gasteiger partial charge in [0.2, 0.25) is 5.78 Å². The molecule has 8 heteroatoms. The van der Waals surface area contributed by atoms with E-state index in [1.807, 2.05) is 44.3 Å². The van der Waals surface area contributed by atoms with Gasteiger partial charge in [-0.05, 0) is 31.2 Å². The Bertz CT molecular complexity index is 1160. The van der Waals surface area contributed by atoms with Crippen LogP contribution < -0.4 is 10.2 Å². The van der Waals surface area contributed by atoms with Crippen molar-refractivity contribution in [1.82, 2.24) is 29.7 Å². The van der Waals surface area contributed by atoms with Crippen molar-refractivity contribution in [3.05, 3.63) is 83.8 Å². The fourth-order valence-electron chi connectivity index (χ4n) is 3.38. The lowest BCUT2D eigenvalue weighted by Gasteiger charge is -2.21. The van der Waals surface area contributed by atoms with Crippen LogP contribution in [0.4, 0.5) is 5.82 Å². The number of anilines is 1. The summed E-state index contributed by atoms with van der Waals surface area (Å²) in [5.74, 6) is 1.15. The minimum atomic E-state index is -0.195. The highest BCUT2D eigenvalue weighted by Gasteiger charge is 2.17. The molecule has 1 amide bonds. The van der Waals surface area contributed by atoms with Gasteiger partial charge in [0.1, 0.15) is 11.5 Å². The molecule has 0 atom stereocenters. The van der Waals surface area contributed by atoms with Crippen LogP contribution in [0.5, 0.6) is 0 Å². The minimum Gasteiger partial charge on any atom is -0.359 e. The van der Waals surface area contributed by atoms with E-state index in [-0.39, 0.29) is 5.91 Å². The van der Waals surface area contributed by atoms with Crippen molar-refractivity contribution in [2.24, 2.45) is 0 Å². The summed E-state index contributed by atoms with van der Waals surface area (Å²) in [7, 11) is 2.00. The van der Waals surface area contributed by atoms with Gasteiger partial charge in [0.15, 0.2) is 0 Å². The lowest BCUT2D eigenvalue weighted by Crippen LogP contribution is -2.28. The highest BCUT2D eigenvalue weighted by atomic mass is 16.1. The molecule has 152 valence electrons. The predicted octanol–water partition coefficient (Wildman–Crippen LogP) is 2.44. The van der Waals surface area contributed by atoms with E-state index in [9.17, 15) is 4.79 Å². The third kappa shape index (κ3) is 4.12. The number of carbonyl (C=O) groups excluding carboxylic acids is 1. The summed E-state index contributed by atoms with van der Waals surface area (Å²) in [5.41, 5.74) is 3.11. The van der Waals surface area contributed by atoms with E-state index in [2.05, 4.69) is 30.2 Å². The maximum absolute atomic E-state index is 12.9. The van der Waals surface area contributed by atoms with E-state index in [4.69, 9.17) is 0 Å². The highest BCUT2D eigenvalue weighted by Crippen LogP contribution is 2.17. The zero-order valence-electron chi connectivity index (χ0n) is 17.0. The second-order valence-corrected chi connectivity index (χ2v) is 7.00. The van der Waals surface area contributed by atoms with E-state index in [0.717, 1.165) is 30.0 Å². The highest BCUT2D eigenvalue weighted by molar-refractivity contribution is 5.94. The number of likely N-dealkylation sites (N-methyl/N-ethyl adjacent to an activating group) is 1. The van der Waals surface area contributed by atoms with Gasteiger partial charge in [0.05, 0.1) is 5.69 Å². The fourth-order valence-corrected chi connectivity index (χ4v) is 3.38. The van der Waals surface area contributed by atoms with Gasteiger partial charge in [-0.25, -0.2) is 15.0 Å². The third-order valence-corrected chi connectivity index (χ3v) is 4.89. The number of fused-ring (bicyclic) bond motifs is 1. The Balaban J connectivity index is 1.46. The molecule has 4 aromatic rings. The minimum absolute atomic E-state index is 0.195. The van der Waals surface area contributed by atoms with Crippen molar-refractivity contribution in [2.45, 2.75) is 19.9 Å². The number of pyridine rings is 2. The van der Waals surface area contributed by atoms with Crippen molar-refractivity contribution in [3.63, 3.8) is 0 Å². The van der Waals surface area contributed by atoms with Crippen LogP contribution in [-0.2, 0) is 13.0 Å². The molecule has 0 saturated heterocycles. The van der Waals surface area contributed by atoms with Crippen LogP contribution in [-0.4, -0.2) is 43.8 Å². The van der Waals surface area contributed by atoms with Gasteiger partial charge in [0, 0.05) is 62.6 Å². The Labute approximate surface area is 174 Å². The average Bonchev–Trinajstić information content (AvgIpc) is 3.12. The van der Waals surface area contributed by atoms with Gasteiger partial charge in [-0.2, -0.15) is 0 Å². The second-order valence-electron chi connectivity index (χ2n) is 7.00. The zero-order chi connectivity index (χ0) is 20.9. The topological polar surface area (TPSA) is 88.3 Å². The number of hydrogen-bond acceptors (Lipinski definition) is 6. The molecule has 8 nitrogen and oxygen atoms in total.